The van der Waals surface area contributed by atoms with Crippen molar-refractivity contribution in [3.8, 4) is 0 Å². The highest BCUT2D eigenvalue weighted by Crippen LogP contribution is 2.08. The van der Waals surface area contributed by atoms with E-state index in [1.165, 1.54) is 32.1 Å². The Morgan fingerprint density at radius 3 is 1.24 bits per heavy atom. The number of ether oxygens (including phenoxy) is 1. The normalized spacial score (nSPS) is 13.6. The summed E-state index contributed by atoms with van der Waals surface area (Å²) in [5, 5.41) is 0. The maximum atomic E-state index is 11.7. The zero-order valence-electron chi connectivity index (χ0n) is 22.1. The average Bonchev–Trinajstić information content (AvgIpc) is 2.79. The molecule has 0 aliphatic heterocycles. The van der Waals surface area contributed by atoms with Crippen LogP contribution in [0.5, 0.6) is 0 Å². The molecule has 1 atom stereocenters. The minimum Gasteiger partial charge on any atom is -0.462 e. The van der Waals surface area contributed by atoms with E-state index in [4.69, 9.17) is 4.74 Å². The highest BCUT2D eigenvalue weighted by Gasteiger charge is 2.11. The molecule has 33 heavy (non-hydrogen) atoms. The summed E-state index contributed by atoms with van der Waals surface area (Å²) in [6.07, 6.45) is 38.1. The second-order valence-electron chi connectivity index (χ2n) is 9.14. The SMILES string of the molecule is CCCC/C=C\CC/C=C\CC/C=C\CC/C=C\CCC=CCCCC(=O)OC(C)C(C)C. The standard InChI is InChI=1S/C31H52O2/c1-5-6-7-8-9-10-11-12-13-14-15-16-17-18-19-20-21-22-23-24-25-26-27-28-31(32)33-30(4)29(2)3/h8-9,12-13,16-17,20-21,24-25,29-30H,5-7,10-11,14-15,18-19,22-23,26-28H2,1-4H3/b9-8-,13-12-,17-16-,21-20-,25-24?. The monoisotopic (exact) mass is 456 g/mol. The van der Waals surface area contributed by atoms with Crippen molar-refractivity contribution >= 4 is 5.97 Å². The zero-order chi connectivity index (χ0) is 24.4. The van der Waals surface area contributed by atoms with E-state index in [2.05, 4.69) is 81.5 Å². The van der Waals surface area contributed by atoms with Crippen LogP contribution < -0.4 is 0 Å². The van der Waals surface area contributed by atoms with E-state index in [1.54, 1.807) is 0 Å². The summed E-state index contributed by atoms with van der Waals surface area (Å²) in [7, 11) is 0. The molecule has 188 valence electrons. The van der Waals surface area contributed by atoms with Gasteiger partial charge in [-0.2, -0.15) is 0 Å². The Kier molecular flexibility index (Phi) is 23.4. The quantitative estimate of drug-likeness (QED) is 0.0975. The van der Waals surface area contributed by atoms with E-state index in [1.807, 2.05) is 6.92 Å². The first-order valence-corrected chi connectivity index (χ1v) is 13.5. The molecule has 0 saturated heterocycles. The molecule has 0 aromatic rings. The highest BCUT2D eigenvalue weighted by molar-refractivity contribution is 5.69. The number of hydrogen-bond acceptors (Lipinski definition) is 2. The van der Waals surface area contributed by atoms with E-state index in [9.17, 15) is 4.79 Å². The third kappa shape index (κ3) is 24.6. The van der Waals surface area contributed by atoms with E-state index >= 15 is 0 Å². The molecule has 1 unspecified atom stereocenters. The Bertz CT molecular complexity index is 578. The molecule has 2 heteroatoms. The third-order valence-corrected chi connectivity index (χ3v) is 5.57. The van der Waals surface area contributed by atoms with Crippen LogP contribution in [-0.4, -0.2) is 12.1 Å². The van der Waals surface area contributed by atoms with E-state index < -0.39 is 0 Å². The highest BCUT2D eigenvalue weighted by atomic mass is 16.5. The fourth-order valence-corrected chi connectivity index (χ4v) is 3.04. The second kappa shape index (κ2) is 24.8. The Balaban J connectivity index is 3.48. The van der Waals surface area contributed by atoms with Crippen LogP contribution in [0.15, 0.2) is 60.8 Å². The molecule has 0 saturated carbocycles. The van der Waals surface area contributed by atoms with Gasteiger partial charge in [-0.15, -0.1) is 0 Å². The molecule has 0 spiro atoms. The lowest BCUT2D eigenvalue weighted by Gasteiger charge is -2.16. The topological polar surface area (TPSA) is 26.3 Å². The first-order chi connectivity index (χ1) is 16.1. The average molecular weight is 457 g/mol. The molecule has 2 nitrogen and oxygen atoms in total. The van der Waals surface area contributed by atoms with Crippen LogP contribution in [0, 0.1) is 5.92 Å². The number of unbranched alkanes of at least 4 members (excludes halogenated alkanes) is 7. The zero-order valence-corrected chi connectivity index (χ0v) is 22.1. The predicted octanol–water partition coefficient (Wildman–Crippen LogP) is 9.84. The van der Waals surface area contributed by atoms with Gasteiger partial charge in [0.2, 0.25) is 0 Å². The van der Waals surface area contributed by atoms with Crippen LogP contribution in [0.4, 0.5) is 0 Å². The van der Waals surface area contributed by atoms with Crippen molar-refractivity contribution in [2.75, 3.05) is 0 Å². The molecule has 0 aromatic carbocycles. The third-order valence-electron chi connectivity index (χ3n) is 5.57. The maximum Gasteiger partial charge on any atom is 0.306 e. The molecule has 0 fully saturated rings. The lowest BCUT2D eigenvalue weighted by Crippen LogP contribution is -2.19. The maximum absolute atomic E-state index is 11.7. The predicted molar refractivity (Wildman–Crippen MR) is 146 cm³/mol. The van der Waals surface area contributed by atoms with Crippen molar-refractivity contribution in [2.24, 2.45) is 5.92 Å². The molecule has 0 aliphatic carbocycles. The minimum atomic E-state index is -0.0702. The van der Waals surface area contributed by atoms with Gasteiger partial charge >= 0.3 is 5.97 Å². The van der Waals surface area contributed by atoms with E-state index in [0.29, 0.717) is 12.3 Å². The Morgan fingerprint density at radius 1 is 0.576 bits per heavy atom. The van der Waals surface area contributed by atoms with Gasteiger partial charge in [-0.25, -0.2) is 0 Å². The molecule has 0 heterocycles. The first-order valence-electron chi connectivity index (χ1n) is 13.5. The fourth-order valence-electron chi connectivity index (χ4n) is 3.04. The number of hydrogen-bond donors (Lipinski definition) is 0. The fraction of sp³-hybridized carbons (Fsp3) is 0.645. The minimum absolute atomic E-state index is 0.00931. The van der Waals surface area contributed by atoms with Crippen LogP contribution in [0.25, 0.3) is 0 Å². The lowest BCUT2D eigenvalue weighted by atomic mass is 10.1. The van der Waals surface area contributed by atoms with Gasteiger partial charge in [0.25, 0.3) is 0 Å². The van der Waals surface area contributed by atoms with Crippen molar-refractivity contribution in [1.29, 1.82) is 0 Å². The summed E-state index contributed by atoms with van der Waals surface area (Å²) in [6.45, 7) is 8.34. The molecule has 0 N–H and O–H groups in total. The summed E-state index contributed by atoms with van der Waals surface area (Å²) < 4.78 is 5.38. The van der Waals surface area contributed by atoms with Crippen molar-refractivity contribution in [3.63, 3.8) is 0 Å². The second-order valence-corrected chi connectivity index (χ2v) is 9.14. The number of carbonyl (C=O) groups excluding carboxylic acids is 1. The number of esters is 1. The molecule has 0 bridgehead atoms. The molecule has 0 amide bonds. The first kappa shape index (κ1) is 31.2. The van der Waals surface area contributed by atoms with Crippen LogP contribution in [0.1, 0.15) is 118 Å². The van der Waals surface area contributed by atoms with Gasteiger partial charge < -0.3 is 4.74 Å². The van der Waals surface area contributed by atoms with Gasteiger partial charge in [0.15, 0.2) is 0 Å². The molecule has 0 rings (SSSR count). The van der Waals surface area contributed by atoms with E-state index in [0.717, 1.165) is 51.4 Å². The summed E-state index contributed by atoms with van der Waals surface area (Å²) in [5.74, 6) is 0.308. The Labute approximate surface area is 206 Å². The van der Waals surface area contributed by atoms with Crippen molar-refractivity contribution in [2.45, 2.75) is 124 Å². The van der Waals surface area contributed by atoms with Gasteiger partial charge in [0.1, 0.15) is 6.10 Å². The van der Waals surface area contributed by atoms with Gasteiger partial charge in [-0.3, -0.25) is 4.79 Å². The van der Waals surface area contributed by atoms with Crippen LogP contribution >= 0.6 is 0 Å². The summed E-state index contributed by atoms with van der Waals surface area (Å²) in [4.78, 5) is 11.7. The van der Waals surface area contributed by atoms with Gasteiger partial charge in [-0.1, -0.05) is 94.4 Å². The summed E-state index contributed by atoms with van der Waals surface area (Å²) in [6, 6.07) is 0. The number of rotatable bonds is 21. The van der Waals surface area contributed by atoms with Gasteiger partial charge in [0.05, 0.1) is 0 Å². The van der Waals surface area contributed by atoms with Crippen molar-refractivity contribution in [1.82, 2.24) is 0 Å². The summed E-state index contributed by atoms with van der Waals surface area (Å²) in [5.41, 5.74) is 0. The van der Waals surface area contributed by atoms with Crippen LogP contribution in [-0.2, 0) is 9.53 Å². The van der Waals surface area contributed by atoms with Crippen LogP contribution in [0.3, 0.4) is 0 Å². The number of carbonyl (C=O) groups is 1. The molecule has 0 radical (unpaired) electrons. The van der Waals surface area contributed by atoms with E-state index in [-0.39, 0.29) is 12.1 Å². The smallest absolute Gasteiger partial charge is 0.306 e. The molecular weight excluding hydrogens is 404 g/mol. The molecule has 0 aliphatic rings. The summed E-state index contributed by atoms with van der Waals surface area (Å²) >= 11 is 0. The van der Waals surface area contributed by atoms with Gasteiger partial charge in [-0.05, 0) is 83.5 Å². The lowest BCUT2D eigenvalue weighted by molar-refractivity contribution is -0.150. The van der Waals surface area contributed by atoms with Crippen molar-refractivity contribution < 1.29 is 9.53 Å². The Morgan fingerprint density at radius 2 is 0.909 bits per heavy atom. The molecular formula is C31H52O2. The molecule has 0 aromatic heterocycles. The largest absolute Gasteiger partial charge is 0.462 e. The number of allylic oxidation sites excluding steroid dienone is 10. The van der Waals surface area contributed by atoms with Gasteiger partial charge in [0, 0.05) is 6.42 Å². The van der Waals surface area contributed by atoms with Crippen molar-refractivity contribution in [3.05, 3.63) is 60.8 Å². The Hall–Kier alpha value is -1.83. The van der Waals surface area contributed by atoms with Crippen LogP contribution in [0.2, 0.25) is 0 Å².